The first-order valence-corrected chi connectivity index (χ1v) is 7.84. The quantitative estimate of drug-likeness (QED) is 0.890. The van der Waals surface area contributed by atoms with Gasteiger partial charge in [-0.25, -0.2) is 4.98 Å². The second kappa shape index (κ2) is 8.13. The molecule has 128 valence electrons. The number of amides is 1. The molecular formula is C18H22ClN3O2. The Balaban J connectivity index is 0.00000208. The van der Waals surface area contributed by atoms with E-state index in [1.54, 1.807) is 18.3 Å². The number of ether oxygens (including phenoxy) is 1. The zero-order chi connectivity index (χ0) is 16.2. The Labute approximate surface area is 148 Å². The van der Waals surface area contributed by atoms with Crippen LogP contribution in [0.2, 0.25) is 0 Å². The lowest BCUT2D eigenvalue weighted by Gasteiger charge is -2.31. The van der Waals surface area contributed by atoms with E-state index < -0.39 is 0 Å². The number of hydrogen-bond acceptors (Lipinski definition) is 4. The minimum Gasteiger partial charge on any atom is -0.384 e. The number of pyridine rings is 1. The zero-order valence-electron chi connectivity index (χ0n) is 13.6. The predicted octanol–water partition coefficient (Wildman–Crippen LogP) is 3.50. The van der Waals surface area contributed by atoms with E-state index in [-0.39, 0.29) is 30.3 Å². The fourth-order valence-corrected chi connectivity index (χ4v) is 2.85. The van der Waals surface area contributed by atoms with Crippen molar-refractivity contribution in [2.24, 2.45) is 5.92 Å². The van der Waals surface area contributed by atoms with E-state index in [0.717, 1.165) is 18.4 Å². The minimum absolute atomic E-state index is 0. The molecule has 1 aromatic heterocycles. The van der Waals surface area contributed by atoms with Gasteiger partial charge in [-0.1, -0.05) is 29.8 Å². The summed E-state index contributed by atoms with van der Waals surface area (Å²) in [7, 11) is 0. The van der Waals surface area contributed by atoms with Gasteiger partial charge in [0, 0.05) is 6.61 Å². The molecule has 1 aliphatic rings. The highest BCUT2D eigenvalue weighted by Crippen LogP contribution is 2.34. The van der Waals surface area contributed by atoms with Gasteiger partial charge in [0.15, 0.2) is 0 Å². The van der Waals surface area contributed by atoms with Gasteiger partial charge in [0.05, 0.1) is 23.9 Å². The molecule has 1 aliphatic heterocycles. The summed E-state index contributed by atoms with van der Waals surface area (Å²) in [5, 5.41) is 2.91. The van der Waals surface area contributed by atoms with Gasteiger partial charge in [-0.2, -0.15) is 0 Å². The van der Waals surface area contributed by atoms with Gasteiger partial charge in [0.25, 0.3) is 0 Å². The maximum absolute atomic E-state index is 12.7. The third kappa shape index (κ3) is 4.24. The van der Waals surface area contributed by atoms with Gasteiger partial charge in [0.1, 0.15) is 5.82 Å². The largest absolute Gasteiger partial charge is 0.384 e. The molecule has 5 nitrogen and oxygen atoms in total. The summed E-state index contributed by atoms with van der Waals surface area (Å²) in [5.74, 6) is 0.187. The molecule has 0 aliphatic carbocycles. The van der Waals surface area contributed by atoms with E-state index >= 15 is 0 Å². The second-order valence-electron chi connectivity index (χ2n) is 5.91. The van der Waals surface area contributed by atoms with Crippen molar-refractivity contribution in [3.63, 3.8) is 0 Å². The summed E-state index contributed by atoms with van der Waals surface area (Å²) >= 11 is 0. The number of halogens is 1. The smallest absolute Gasteiger partial charge is 0.230 e. The first kappa shape index (κ1) is 18.2. The number of rotatable bonds is 3. The lowest BCUT2D eigenvalue weighted by molar-refractivity contribution is -0.129. The average Bonchev–Trinajstić information content (AvgIpc) is 2.58. The van der Waals surface area contributed by atoms with Crippen LogP contribution in [0.5, 0.6) is 0 Å². The van der Waals surface area contributed by atoms with Crippen LogP contribution in [-0.4, -0.2) is 17.5 Å². The van der Waals surface area contributed by atoms with Crippen LogP contribution in [0.3, 0.4) is 0 Å². The molecule has 6 heteroatoms. The number of nitrogens with two attached hydrogens (primary N) is 1. The molecule has 0 spiro atoms. The van der Waals surface area contributed by atoms with Crippen LogP contribution < -0.4 is 11.1 Å². The van der Waals surface area contributed by atoms with Crippen molar-refractivity contribution >= 4 is 29.8 Å². The van der Waals surface area contributed by atoms with Gasteiger partial charge in [-0.3, -0.25) is 4.79 Å². The highest BCUT2D eigenvalue weighted by Gasteiger charge is 2.33. The van der Waals surface area contributed by atoms with Crippen LogP contribution in [0.4, 0.5) is 11.5 Å². The SMILES string of the molecule is Cc1ccc(C2OCCCC2C(=O)Nc2ccc(N)nc2)cc1.Cl. The van der Waals surface area contributed by atoms with Gasteiger partial charge in [-0.15, -0.1) is 12.4 Å². The maximum Gasteiger partial charge on any atom is 0.230 e. The fourth-order valence-electron chi connectivity index (χ4n) is 2.85. The van der Waals surface area contributed by atoms with Crippen LogP contribution in [0.1, 0.15) is 30.1 Å². The van der Waals surface area contributed by atoms with E-state index in [0.29, 0.717) is 18.1 Å². The first-order valence-electron chi connectivity index (χ1n) is 7.84. The fraction of sp³-hybridized carbons (Fsp3) is 0.333. The molecule has 1 amide bonds. The molecule has 3 N–H and O–H groups in total. The molecule has 0 saturated carbocycles. The number of aromatic nitrogens is 1. The summed E-state index contributed by atoms with van der Waals surface area (Å²) in [5.41, 5.74) is 8.46. The van der Waals surface area contributed by atoms with Crippen molar-refractivity contribution in [2.75, 3.05) is 17.7 Å². The third-order valence-electron chi connectivity index (χ3n) is 4.12. The van der Waals surface area contributed by atoms with Crippen molar-refractivity contribution in [1.29, 1.82) is 0 Å². The standard InChI is InChI=1S/C18H21N3O2.ClH/c1-12-4-6-13(7-5-12)17-15(3-2-10-23-17)18(22)21-14-8-9-16(19)20-11-14;/h4-9,11,15,17H,2-3,10H2,1H3,(H2,19,20)(H,21,22);1H. The average molecular weight is 348 g/mol. The number of carbonyl (C=O) groups excluding carboxylic acids is 1. The highest BCUT2D eigenvalue weighted by molar-refractivity contribution is 5.93. The Kier molecular flexibility index (Phi) is 6.17. The topological polar surface area (TPSA) is 77.2 Å². The van der Waals surface area contributed by atoms with Crippen molar-refractivity contribution < 1.29 is 9.53 Å². The van der Waals surface area contributed by atoms with Gasteiger partial charge >= 0.3 is 0 Å². The Hall–Kier alpha value is -2.11. The van der Waals surface area contributed by atoms with Crippen LogP contribution >= 0.6 is 12.4 Å². The lowest BCUT2D eigenvalue weighted by Crippen LogP contribution is -2.33. The summed E-state index contributed by atoms with van der Waals surface area (Å²) in [4.78, 5) is 16.6. The van der Waals surface area contributed by atoms with Gasteiger partial charge in [-0.05, 0) is 37.5 Å². The molecule has 2 unspecified atom stereocenters. The summed E-state index contributed by atoms with van der Waals surface area (Å²) in [6.45, 7) is 2.73. The van der Waals surface area contributed by atoms with Crippen molar-refractivity contribution in [1.82, 2.24) is 4.98 Å². The lowest BCUT2D eigenvalue weighted by atomic mass is 9.88. The van der Waals surface area contributed by atoms with Crippen LogP contribution in [-0.2, 0) is 9.53 Å². The number of nitrogen functional groups attached to an aromatic ring is 1. The Morgan fingerprint density at radius 1 is 1.25 bits per heavy atom. The van der Waals surface area contributed by atoms with Crippen LogP contribution in [0.15, 0.2) is 42.6 Å². The van der Waals surface area contributed by atoms with E-state index in [2.05, 4.69) is 10.3 Å². The Bertz CT molecular complexity index is 674. The van der Waals surface area contributed by atoms with E-state index in [1.165, 1.54) is 5.56 Å². The zero-order valence-corrected chi connectivity index (χ0v) is 14.4. The molecule has 0 radical (unpaired) electrons. The van der Waals surface area contributed by atoms with E-state index in [4.69, 9.17) is 10.5 Å². The van der Waals surface area contributed by atoms with E-state index in [1.807, 2.05) is 31.2 Å². The molecule has 2 aromatic rings. The van der Waals surface area contributed by atoms with Crippen LogP contribution in [0, 0.1) is 12.8 Å². The molecule has 1 fully saturated rings. The Morgan fingerprint density at radius 3 is 2.67 bits per heavy atom. The predicted molar refractivity (Wildman–Crippen MR) is 97.1 cm³/mol. The van der Waals surface area contributed by atoms with Crippen molar-refractivity contribution in [2.45, 2.75) is 25.9 Å². The number of carbonyl (C=O) groups is 1. The van der Waals surface area contributed by atoms with Gasteiger partial charge in [0.2, 0.25) is 5.91 Å². The molecular weight excluding hydrogens is 326 g/mol. The van der Waals surface area contributed by atoms with Gasteiger partial charge < -0.3 is 15.8 Å². The summed E-state index contributed by atoms with van der Waals surface area (Å²) in [6, 6.07) is 11.6. The molecule has 1 aromatic carbocycles. The normalized spacial score (nSPS) is 20.0. The van der Waals surface area contributed by atoms with Crippen molar-refractivity contribution in [3.05, 3.63) is 53.7 Å². The molecule has 1 saturated heterocycles. The summed E-state index contributed by atoms with van der Waals surface area (Å²) < 4.78 is 5.90. The molecule has 2 atom stereocenters. The van der Waals surface area contributed by atoms with Crippen LogP contribution in [0.25, 0.3) is 0 Å². The number of nitrogens with zero attached hydrogens (tertiary/aromatic N) is 1. The Morgan fingerprint density at radius 2 is 2.00 bits per heavy atom. The second-order valence-corrected chi connectivity index (χ2v) is 5.91. The summed E-state index contributed by atoms with van der Waals surface area (Å²) in [6.07, 6.45) is 3.07. The number of hydrogen-bond donors (Lipinski definition) is 2. The molecule has 2 heterocycles. The van der Waals surface area contributed by atoms with E-state index in [9.17, 15) is 4.79 Å². The first-order chi connectivity index (χ1) is 11.1. The monoisotopic (exact) mass is 347 g/mol. The number of anilines is 2. The highest BCUT2D eigenvalue weighted by atomic mass is 35.5. The number of aryl methyl sites for hydroxylation is 1. The minimum atomic E-state index is -0.205. The molecule has 0 bridgehead atoms. The van der Waals surface area contributed by atoms with Crippen molar-refractivity contribution in [3.8, 4) is 0 Å². The molecule has 24 heavy (non-hydrogen) atoms. The third-order valence-corrected chi connectivity index (χ3v) is 4.12. The number of benzene rings is 1. The maximum atomic E-state index is 12.7. The number of nitrogens with one attached hydrogen (secondary N) is 1. The molecule has 3 rings (SSSR count).